The lowest BCUT2D eigenvalue weighted by Crippen LogP contribution is -2.38. The van der Waals surface area contributed by atoms with E-state index in [1.54, 1.807) is 0 Å². The molecule has 5 nitrogen and oxygen atoms in total. The zero-order chi connectivity index (χ0) is 25.7. The molecular weight excluding hydrogens is 434 g/mol. The van der Waals surface area contributed by atoms with Crippen molar-refractivity contribution in [2.45, 2.75) is 155 Å². The van der Waals surface area contributed by atoms with E-state index in [2.05, 4.69) is 37.0 Å². The SMILES string of the molecule is CCCCCCCCCC(CCCCCCC)C(=O)OCCCC/C=C/CCCCCCNNN. The molecular formula is C30H61N3O2. The van der Waals surface area contributed by atoms with Gasteiger partial charge >= 0.3 is 5.97 Å². The number of rotatable bonds is 28. The van der Waals surface area contributed by atoms with E-state index >= 15 is 0 Å². The van der Waals surface area contributed by atoms with E-state index in [-0.39, 0.29) is 11.9 Å². The van der Waals surface area contributed by atoms with Crippen LogP contribution < -0.4 is 16.8 Å². The normalized spacial score (nSPS) is 12.4. The molecule has 0 aromatic heterocycles. The van der Waals surface area contributed by atoms with Gasteiger partial charge in [0.15, 0.2) is 0 Å². The first-order valence-corrected chi connectivity index (χ1v) is 15.3. The van der Waals surface area contributed by atoms with Gasteiger partial charge in [-0.25, -0.2) is 5.43 Å². The van der Waals surface area contributed by atoms with E-state index in [0.717, 1.165) is 51.5 Å². The molecule has 1 atom stereocenters. The summed E-state index contributed by atoms with van der Waals surface area (Å²) in [6, 6.07) is 0. The van der Waals surface area contributed by atoms with Gasteiger partial charge < -0.3 is 4.74 Å². The maximum Gasteiger partial charge on any atom is 0.308 e. The van der Waals surface area contributed by atoms with Crippen LogP contribution >= 0.6 is 0 Å². The van der Waals surface area contributed by atoms with E-state index in [4.69, 9.17) is 10.6 Å². The van der Waals surface area contributed by atoms with Crippen LogP contribution in [-0.2, 0) is 9.53 Å². The Labute approximate surface area is 218 Å². The fourth-order valence-electron chi connectivity index (χ4n) is 4.51. The van der Waals surface area contributed by atoms with Crippen molar-refractivity contribution in [2.24, 2.45) is 11.8 Å². The molecule has 0 amide bonds. The maximum absolute atomic E-state index is 12.7. The Balaban J connectivity index is 3.90. The number of allylic oxidation sites excluding steroid dienone is 2. The first-order valence-electron chi connectivity index (χ1n) is 15.3. The smallest absolute Gasteiger partial charge is 0.308 e. The molecule has 0 radical (unpaired) electrons. The second kappa shape index (κ2) is 29.3. The van der Waals surface area contributed by atoms with Gasteiger partial charge in [-0.15, -0.1) is 0 Å². The number of nitrogens with two attached hydrogens (primary N) is 1. The van der Waals surface area contributed by atoms with Crippen molar-refractivity contribution in [3.8, 4) is 0 Å². The Bertz CT molecular complexity index is 457. The van der Waals surface area contributed by atoms with Gasteiger partial charge in [-0.3, -0.25) is 10.6 Å². The fraction of sp³-hybridized carbons (Fsp3) is 0.900. The number of unbranched alkanes of at least 4 members (excludes halogenated alkanes) is 16. The van der Waals surface area contributed by atoms with Gasteiger partial charge in [0, 0.05) is 6.54 Å². The van der Waals surface area contributed by atoms with Gasteiger partial charge in [-0.05, 0) is 51.4 Å². The third-order valence-electron chi connectivity index (χ3n) is 6.85. The third-order valence-corrected chi connectivity index (χ3v) is 6.85. The van der Waals surface area contributed by atoms with Gasteiger partial charge in [0.25, 0.3) is 0 Å². The minimum atomic E-state index is 0.0689. The van der Waals surface area contributed by atoms with Crippen LogP contribution in [0, 0.1) is 5.92 Å². The third kappa shape index (κ3) is 26.0. The van der Waals surface area contributed by atoms with Crippen molar-refractivity contribution in [1.29, 1.82) is 0 Å². The molecule has 0 aromatic rings. The van der Waals surface area contributed by atoms with Gasteiger partial charge in [-0.2, -0.15) is 5.53 Å². The zero-order valence-electron chi connectivity index (χ0n) is 23.6. The van der Waals surface area contributed by atoms with Crippen LogP contribution in [0.3, 0.4) is 0 Å². The summed E-state index contributed by atoms with van der Waals surface area (Å²) in [5, 5.41) is 0. The Morgan fingerprint density at radius 3 is 1.74 bits per heavy atom. The van der Waals surface area contributed by atoms with Crippen molar-refractivity contribution in [1.82, 2.24) is 11.0 Å². The molecule has 0 heterocycles. The van der Waals surface area contributed by atoms with Gasteiger partial charge in [0.1, 0.15) is 0 Å². The van der Waals surface area contributed by atoms with E-state index < -0.39 is 0 Å². The first-order chi connectivity index (χ1) is 17.3. The highest BCUT2D eigenvalue weighted by atomic mass is 16.5. The fourth-order valence-corrected chi connectivity index (χ4v) is 4.51. The number of nitrogens with one attached hydrogen (secondary N) is 2. The summed E-state index contributed by atoms with van der Waals surface area (Å²) in [6.07, 6.45) is 31.3. The van der Waals surface area contributed by atoms with Gasteiger partial charge in [-0.1, -0.05) is 116 Å². The molecule has 0 aliphatic rings. The standard InChI is InChI=1S/C30H61N3O2/c1-3-5-7-9-14-18-22-26-29(25-21-17-8-6-4-2)30(34)35-28-24-20-16-13-11-10-12-15-19-23-27-32-33-31/h11,13,29,32-33H,3-10,12,14-28,31H2,1-2H3/b13-11+. The molecule has 0 bridgehead atoms. The number of esters is 1. The van der Waals surface area contributed by atoms with Gasteiger partial charge in [0.2, 0.25) is 0 Å². The summed E-state index contributed by atoms with van der Waals surface area (Å²) in [4.78, 5) is 12.7. The molecule has 35 heavy (non-hydrogen) atoms. The Morgan fingerprint density at radius 1 is 0.686 bits per heavy atom. The molecule has 4 N–H and O–H groups in total. The van der Waals surface area contributed by atoms with Crippen LogP contribution in [0.2, 0.25) is 0 Å². The second-order valence-electron chi connectivity index (χ2n) is 10.2. The predicted molar refractivity (Wildman–Crippen MR) is 152 cm³/mol. The lowest BCUT2D eigenvalue weighted by Gasteiger charge is -2.16. The van der Waals surface area contributed by atoms with Crippen molar-refractivity contribution in [3.63, 3.8) is 0 Å². The predicted octanol–water partition coefficient (Wildman–Crippen LogP) is 8.29. The van der Waals surface area contributed by atoms with E-state index in [1.165, 1.54) is 96.3 Å². The monoisotopic (exact) mass is 495 g/mol. The molecule has 0 fully saturated rings. The molecule has 208 valence electrons. The number of hydrogen-bond acceptors (Lipinski definition) is 5. The lowest BCUT2D eigenvalue weighted by molar-refractivity contribution is -0.149. The summed E-state index contributed by atoms with van der Waals surface area (Å²) < 4.78 is 5.71. The molecule has 1 unspecified atom stereocenters. The number of carbonyl (C=O) groups is 1. The largest absolute Gasteiger partial charge is 0.465 e. The van der Waals surface area contributed by atoms with Crippen molar-refractivity contribution in [2.75, 3.05) is 13.2 Å². The summed E-state index contributed by atoms with van der Waals surface area (Å²) in [7, 11) is 0. The molecule has 0 saturated carbocycles. The minimum Gasteiger partial charge on any atom is -0.465 e. The van der Waals surface area contributed by atoms with E-state index in [0.29, 0.717) is 6.61 Å². The van der Waals surface area contributed by atoms with Crippen LogP contribution in [-0.4, -0.2) is 19.1 Å². The van der Waals surface area contributed by atoms with Crippen LogP contribution in [0.25, 0.3) is 0 Å². The first kappa shape index (κ1) is 34.1. The quantitative estimate of drug-likeness (QED) is 0.0334. The summed E-state index contributed by atoms with van der Waals surface area (Å²) in [5.74, 6) is 5.36. The highest BCUT2D eigenvalue weighted by molar-refractivity contribution is 5.72. The van der Waals surface area contributed by atoms with Crippen LogP contribution in [0.4, 0.5) is 0 Å². The molecule has 0 saturated heterocycles. The Kier molecular flexibility index (Phi) is 28.6. The van der Waals surface area contributed by atoms with E-state index in [1.807, 2.05) is 0 Å². The maximum atomic E-state index is 12.7. The highest BCUT2D eigenvalue weighted by Crippen LogP contribution is 2.21. The van der Waals surface area contributed by atoms with Crippen LogP contribution in [0.5, 0.6) is 0 Å². The highest BCUT2D eigenvalue weighted by Gasteiger charge is 2.19. The zero-order valence-corrected chi connectivity index (χ0v) is 23.6. The Hall–Kier alpha value is -0.910. The van der Waals surface area contributed by atoms with Crippen molar-refractivity contribution in [3.05, 3.63) is 12.2 Å². The topological polar surface area (TPSA) is 76.4 Å². The Morgan fingerprint density at radius 2 is 1.17 bits per heavy atom. The van der Waals surface area contributed by atoms with Crippen LogP contribution in [0.15, 0.2) is 12.2 Å². The van der Waals surface area contributed by atoms with Gasteiger partial charge in [0.05, 0.1) is 12.5 Å². The number of hydrazine groups is 2. The average molecular weight is 496 g/mol. The number of carbonyl (C=O) groups excluding carboxylic acids is 1. The molecule has 0 aliphatic heterocycles. The number of hydrogen-bond donors (Lipinski definition) is 3. The average Bonchev–Trinajstić information content (AvgIpc) is 2.86. The molecule has 5 heteroatoms. The molecule has 0 aromatic carbocycles. The summed E-state index contributed by atoms with van der Waals surface area (Å²) in [5.41, 5.74) is 5.37. The van der Waals surface area contributed by atoms with E-state index in [9.17, 15) is 4.79 Å². The summed E-state index contributed by atoms with van der Waals surface area (Å²) >= 11 is 0. The van der Waals surface area contributed by atoms with Crippen molar-refractivity contribution >= 4 is 5.97 Å². The summed E-state index contributed by atoms with van der Waals surface area (Å²) in [6.45, 7) is 6.02. The second-order valence-corrected chi connectivity index (χ2v) is 10.2. The molecule has 0 spiro atoms. The lowest BCUT2D eigenvalue weighted by atomic mass is 9.94. The number of ether oxygens (including phenoxy) is 1. The minimum absolute atomic E-state index is 0.0689. The van der Waals surface area contributed by atoms with Crippen LogP contribution in [0.1, 0.15) is 155 Å². The molecule has 0 aliphatic carbocycles. The van der Waals surface area contributed by atoms with Crippen molar-refractivity contribution < 1.29 is 9.53 Å². The molecule has 0 rings (SSSR count).